The summed E-state index contributed by atoms with van der Waals surface area (Å²) in [7, 11) is 0. The third-order valence-corrected chi connectivity index (χ3v) is 5.60. The molecule has 0 aliphatic rings. The lowest BCUT2D eigenvalue weighted by molar-refractivity contribution is -0.143. The standard InChI is InChI=1S/C28H30N2O4S/c1-2-33-26(31)17-19-30(21-23-13-7-4-8-14-23)28(35)29-27(32)24-15-9-10-16-25(24)34-20-18-22-11-5-3-6-12-22/h3-16H,2,17-21H2,1H3,(H,29,32,35). The van der Waals surface area contributed by atoms with Crippen LogP contribution in [0.4, 0.5) is 0 Å². The van der Waals surface area contributed by atoms with Crippen molar-refractivity contribution in [3.63, 3.8) is 0 Å². The van der Waals surface area contributed by atoms with Gasteiger partial charge in [-0.15, -0.1) is 0 Å². The van der Waals surface area contributed by atoms with E-state index in [4.69, 9.17) is 21.7 Å². The third kappa shape index (κ3) is 8.54. The highest BCUT2D eigenvalue weighted by Gasteiger charge is 2.18. The van der Waals surface area contributed by atoms with Crippen LogP contribution in [0.1, 0.15) is 34.8 Å². The Morgan fingerprint density at radius 1 is 0.886 bits per heavy atom. The Morgan fingerprint density at radius 2 is 1.51 bits per heavy atom. The first kappa shape index (κ1) is 25.9. The zero-order valence-corrected chi connectivity index (χ0v) is 20.6. The van der Waals surface area contributed by atoms with Gasteiger partial charge in [0.25, 0.3) is 5.91 Å². The number of amides is 1. The average Bonchev–Trinajstić information content (AvgIpc) is 2.88. The highest BCUT2D eigenvalue weighted by atomic mass is 32.1. The van der Waals surface area contributed by atoms with Crippen molar-refractivity contribution in [1.29, 1.82) is 0 Å². The van der Waals surface area contributed by atoms with Gasteiger partial charge >= 0.3 is 5.97 Å². The Morgan fingerprint density at radius 3 is 2.20 bits per heavy atom. The highest BCUT2D eigenvalue weighted by molar-refractivity contribution is 7.80. The molecule has 0 aliphatic carbocycles. The van der Waals surface area contributed by atoms with Gasteiger partial charge in [-0.25, -0.2) is 0 Å². The van der Waals surface area contributed by atoms with Gasteiger partial charge in [0.05, 0.1) is 25.2 Å². The van der Waals surface area contributed by atoms with Gasteiger partial charge in [-0.05, 0) is 42.4 Å². The number of thiocarbonyl (C=S) groups is 1. The van der Waals surface area contributed by atoms with Crippen LogP contribution in [-0.4, -0.2) is 41.6 Å². The van der Waals surface area contributed by atoms with Crippen LogP contribution < -0.4 is 10.1 Å². The van der Waals surface area contributed by atoms with Crippen LogP contribution in [0, 0.1) is 0 Å². The molecule has 3 rings (SSSR count). The van der Waals surface area contributed by atoms with Gasteiger partial charge in [-0.3, -0.25) is 14.9 Å². The molecule has 6 nitrogen and oxygen atoms in total. The van der Waals surface area contributed by atoms with Crippen LogP contribution in [0.3, 0.4) is 0 Å². The summed E-state index contributed by atoms with van der Waals surface area (Å²) in [5.74, 6) is -0.179. The number of rotatable bonds is 11. The second-order valence-electron chi connectivity index (χ2n) is 7.80. The zero-order valence-electron chi connectivity index (χ0n) is 19.8. The first-order chi connectivity index (χ1) is 17.1. The molecule has 3 aromatic carbocycles. The Bertz CT molecular complexity index is 1110. The number of ether oxygens (including phenoxy) is 2. The number of esters is 1. The fourth-order valence-corrected chi connectivity index (χ4v) is 3.71. The van der Waals surface area contributed by atoms with Crippen LogP contribution in [0.2, 0.25) is 0 Å². The molecule has 35 heavy (non-hydrogen) atoms. The van der Waals surface area contributed by atoms with E-state index in [0.29, 0.717) is 37.6 Å². The molecule has 3 aromatic rings. The van der Waals surface area contributed by atoms with Crippen molar-refractivity contribution in [3.8, 4) is 5.75 Å². The molecule has 0 unspecified atom stereocenters. The maximum atomic E-state index is 13.1. The molecule has 0 heterocycles. The lowest BCUT2D eigenvalue weighted by Gasteiger charge is -2.25. The minimum atomic E-state index is -0.362. The maximum absolute atomic E-state index is 13.1. The number of carbonyl (C=O) groups is 2. The highest BCUT2D eigenvalue weighted by Crippen LogP contribution is 2.19. The van der Waals surface area contributed by atoms with E-state index in [9.17, 15) is 9.59 Å². The summed E-state index contributed by atoms with van der Waals surface area (Å²) in [6.45, 7) is 3.30. The monoisotopic (exact) mass is 490 g/mol. The molecule has 1 N–H and O–H groups in total. The Hall–Kier alpha value is -3.71. The summed E-state index contributed by atoms with van der Waals surface area (Å²) in [4.78, 5) is 26.8. The predicted octanol–water partition coefficient (Wildman–Crippen LogP) is 4.78. The molecular weight excluding hydrogens is 460 g/mol. The van der Waals surface area contributed by atoms with E-state index in [0.717, 1.165) is 17.5 Å². The summed E-state index contributed by atoms with van der Waals surface area (Å²) >= 11 is 5.56. The normalized spacial score (nSPS) is 10.3. The van der Waals surface area contributed by atoms with E-state index in [2.05, 4.69) is 5.32 Å². The molecule has 0 saturated carbocycles. The smallest absolute Gasteiger partial charge is 0.307 e. The number of nitrogens with one attached hydrogen (secondary N) is 1. The van der Waals surface area contributed by atoms with Gasteiger partial charge in [0.2, 0.25) is 0 Å². The SMILES string of the molecule is CCOC(=O)CCN(Cc1ccccc1)C(=S)NC(=O)c1ccccc1OCCc1ccccc1. The predicted molar refractivity (Wildman–Crippen MR) is 140 cm³/mol. The van der Waals surface area contributed by atoms with E-state index >= 15 is 0 Å². The largest absolute Gasteiger partial charge is 0.492 e. The fourth-order valence-electron chi connectivity index (χ4n) is 3.46. The minimum Gasteiger partial charge on any atom is -0.492 e. The molecule has 0 fully saturated rings. The molecule has 0 bridgehead atoms. The molecule has 1 amide bonds. The molecule has 7 heteroatoms. The van der Waals surface area contributed by atoms with Crippen LogP contribution >= 0.6 is 12.2 Å². The molecule has 0 saturated heterocycles. The summed E-state index contributed by atoms with van der Waals surface area (Å²) in [6.07, 6.45) is 0.893. The number of carbonyl (C=O) groups excluding carboxylic acids is 2. The number of hydrogen-bond donors (Lipinski definition) is 1. The zero-order chi connectivity index (χ0) is 24.9. The molecule has 0 aliphatic heterocycles. The lowest BCUT2D eigenvalue weighted by Crippen LogP contribution is -2.43. The van der Waals surface area contributed by atoms with Crippen molar-refractivity contribution in [3.05, 3.63) is 102 Å². The van der Waals surface area contributed by atoms with Crippen molar-refractivity contribution in [1.82, 2.24) is 10.2 Å². The second-order valence-corrected chi connectivity index (χ2v) is 8.19. The molecule has 0 spiro atoms. The van der Waals surface area contributed by atoms with E-state index in [-0.39, 0.29) is 23.4 Å². The number of para-hydroxylation sites is 1. The van der Waals surface area contributed by atoms with Gasteiger partial charge < -0.3 is 14.4 Å². The van der Waals surface area contributed by atoms with Crippen LogP contribution in [0.5, 0.6) is 5.75 Å². The first-order valence-corrected chi connectivity index (χ1v) is 12.0. The average molecular weight is 491 g/mol. The number of nitrogens with zero attached hydrogens (tertiary/aromatic N) is 1. The molecule has 0 radical (unpaired) electrons. The Kier molecular flexibility index (Phi) is 10.3. The number of hydrogen-bond acceptors (Lipinski definition) is 5. The van der Waals surface area contributed by atoms with Crippen molar-refractivity contribution < 1.29 is 19.1 Å². The maximum Gasteiger partial charge on any atom is 0.307 e. The second kappa shape index (κ2) is 13.9. The third-order valence-electron chi connectivity index (χ3n) is 5.24. The van der Waals surface area contributed by atoms with Gasteiger partial charge in [0.15, 0.2) is 5.11 Å². The summed E-state index contributed by atoms with van der Waals surface area (Å²) in [6, 6.07) is 26.8. The van der Waals surface area contributed by atoms with Gasteiger partial charge in [0.1, 0.15) is 5.75 Å². The van der Waals surface area contributed by atoms with E-state index in [1.165, 1.54) is 0 Å². The van der Waals surface area contributed by atoms with E-state index < -0.39 is 0 Å². The van der Waals surface area contributed by atoms with Crippen molar-refractivity contribution in [2.24, 2.45) is 0 Å². The number of benzene rings is 3. The quantitative estimate of drug-likeness (QED) is 0.308. The Balaban J connectivity index is 1.65. The topological polar surface area (TPSA) is 67.9 Å². The van der Waals surface area contributed by atoms with Crippen molar-refractivity contribution in [2.75, 3.05) is 19.8 Å². The van der Waals surface area contributed by atoms with Crippen molar-refractivity contribution >= 4 is 29.2 Å². The van der Waals surface area contributed by atoms with Gasteiger partial charge in [0, 0.05) is 19.5 Å². The van der Waals surface area contributed by atoms with E-state index in [1.807, 2.05) is 66.7 Å². The molecular formula is C28H30N2O4S. The molecule has 0 aromatic heterocycles. The van der Waals surface area contributed by atoms with Crippen LogP contribution in [0.15, 0.2) is 84.9 Å². The van der Waals surface area contributed by atoms with E-state index in [1.54, 1.807) is 30.0 Å². The summed E-state index contributed by atoms with van der Waals surface area (Å²) < 4.78 is 11.0. The lowest BCUT2D eigenvalue weighted by atomic mass is 10.1. The fraction of sp³-hybridized carbons (Fsp3) is 0.250. The first-order valence-electron chi connectivity index (χ1n) is 11.6. The summed E-state index contributed by atoms with van der Waals surface area (Å²) in [5, 5.41) is 3.05. The van der Waals surface area contributed by atoms with Gasteiger partial charge in [-0.1, -0.05) is 72.8 Å². The van der Waals surface area contributed by atoms with Crippen molar-refractivity contribution in [2.45, 2.75) is 26.3 Å². The van der Waals surface area contributed by atoms with Crippen LogP contribution in [0.25, 0.3) is 0 Å². The van der Waals surface area contributed by atoms with Crippen LogP contribution in [-0.2, 0) is 22.5 Å². The molecule has 0 atom stereocenters. The molecule has 182 valence electrons. The van der Waals surface area contributed by atoms with Gasteiger partial charge in [-0.2, -0.15) is 0 Å². The minimum absolute atomic E-state index is 0.163. The summed E-state index contributed by atoms with van der Waals surface area (Å²) in [5.41, 5.74) is 2.57. The Labute approximate surface area is 211 Å².